The van der Waals surface area contributed by atoms with E-state index in [-0.39, 0.29) is 23.1 Å². The van der Waals surface area contributed by atoms with E-state index in [1.807, 2.05) is 13.8 Å². The largest absolute Gasteiger partial charge is 0.315 e. The molecule has 0 spiro atoms. The maximum atomic E-state index is 11.5. The first-order valence-corrected chi connectivity index (χ1v) is 6.33. The minimum Gasteiger partial charge on any atom is -0.315 e. The summed E-state index contributed by atoms with van der Waals surface area (Å²) in [5.74, 6) is 0.692. The summed E-state index contributed by atoms with van der Waals surface area (Å²) < 4.78 is 0. The Labute approximate surface area is 113 Å². The molecule has 2 aromatic rings. The van der Waals surface area contributed by atoms with E-state index in [9.17, 15) is 4.79 Å². The summed E-state index contributed by atoms with van der Waals surface area (Å²) in [7, 11) is 0. The van der Waals surface area contributed by atoms with Gasteiger partial charge in [0.25, 0.3) is 11.5 Å². The van der Waals surface area contributed by atoms with Crippen molar-refractivity contribution in [1.82, 2.24) is 24.9 Å². The predicted octanol–water partition coefficient (Wildman–Crippen LogP) is 1.59. The normalized spacial score (nSPS) is 11.8. The van der Waals surface area contributed by atoms with E-state index in [1.54, 1.807) is 5.01 Å². The third kappa shape index (κ3) is 3.08. The van der Waals surface area contributed by atoms with Gasteiger partial charge in [0.2, 0.25) is 0 Å². The lowest BCUT2D eigenvalue weighted by atomic mass is 10.4. The first-order valence-electron chi connectivity index (χ1n) is 5.79. The third-order valence-electron chi connectivity index (χ3n) is 2.45. The van der Waals surface area contributed by atoms with Gasteiger partial charge in [0.15, 0.2) is 11.2 Å². The highest BCUT2D eigenvalue weighted by molar-refractivity contribution is 6.18. The molecule has 0 saturated carbocycles. The fourth-order valence-electron chi connectivity index (χ4n) is 1.47. The van der Waals surface area contributed by atoms with Gasteiger partial charge in [-0.05, 0) is 13.8 Å². The number of nitrogens with one attached hydrogen (secondary N) is 2. The molecule has 9 heteroatoms. The molecule has 0 unspecified atom stereocenters. The average molecular weight is 284 g/mol. The number of rotatable bonds is 5. The van der Waals surface area contributed by atoms with Crippen LogP contribution in [0.3, 0.4) is 0 Å². The Morgan fingerprint density at radius 3 is 2.95 bits per heavy atom. The number of halogens is 1. The van der Waals surface area contributed by atoms with Crippen molar-refractivity contribution in [3.8, 4) is 0 Å². The van der Waals surface area contributed by atoms with Crippen molar-refractivity contribution in [2.75, 3.05) is 12.4 Å². The minimum absolute atomic E-state index is 0.174. The van der Waals surface area contributed by atoms with Crippen LogP contribution < -0.4 is 5.56 Å². The number of hydrogen-bond acceptors (Lipinski definition) is 5. The van der Waals surface area contributed by atoms with Crippen molar-refractivity contribution >= 4 is 28.7 Å². The van der Waals surface area contributed by atoms with Crippen LogP contribution in [-0.2, 0) is 0 Å². The van der Waals surface area contributed by atoms with Gasteiger partial charge in [-0.25, -0.2) is 4.98 Å². The number of aromatic nitrogens is 4. The number of hydrogen-bond donors (Lipinski definition) is 2. The molecular weight excluding hydrogens is 270 g/mol. The van der Waals surface area contributed by atoms with Gasteiger partial charge >= 0.3 is 0 Å². The standard InChI is InChI=1S/C10H14ClN7O/c1-6(2)18(4-3-11)17-16-10-14-7-8(15-10)12-5-13-9(7)19/h5-6H,3-4H2,1-2H3,(H2,12,13,14,15,19)/b17-16+. The average Bonchev–Trinajstić information content (AvgIpc) is 2.78. The van der Waals surface area contributed by atoms with Crippen LogP contribution in [0.2, 0.25) is 0 Å². The summed E-state index contributed by atoms with van der Waals surface area (Å²) in [4.78, 5) is 24.7. The number of fused-ring (bicyclic) bond motifs is 1. The number of aromatic amines is 2. The molecule has 0 saturated heterocycles. The summed E-state index contributed by atoms with van der Waals surface area (Å²) in [6.07, 6.45) is 1.29. The quantitative estimate of drug-likeness (QED) is 0.494. The molecule has 2 rings (SSSR count). The molecule has 0 aliphatic rings. The first kappa shape index (κ1) is 13.5. The highest BCUT2D eigenvalue weighted by atomic mass is 35.5. The van der Waals surface area contributed by atoms with Crippen LogP contribution in [0.15, 0.2) is 21.5 Å². The van der Waals surface area contributed by atoms with E-state index < -0.39 is 0 Å². The molecule has 2 N–H and O–H groups in total. The molecule has 0 aliphatic heterocycles. The summed E-state index contributed by atoms with van der Waals surface area (Å²) in [6.45, 7) is 4.55. The number of alkyl halides is 1. The van der Waals surface area contributed by atoms with Gasteiger partial charge in [-0.2, -0.15) is 4.98 Å². The molecule has 8 nitrogen and oxygen atoms in total. The molecule has 102 valence electrons. The molecule has 0 aliphatic carbocycles. The highest BCUT2D eigenvalue weighted by Gasteiger charge is 2.08. The Kier molecular flexibility index (Phi) is 4.10. The number of imidazole rings is 1. The Morgan fingerprint density at radius 2 is 2.32 bits per heavy atom. The third-order valence-corrected chi connectivity index (χ3v) is 2.61. The van der Waals surface area contributed by atoms with Gasteiger partial charge in [0.05, 0.1) is 12.9 Å². The van der Waals surface area contributed by atoms with Crippen molar-refractivity contribution in [2.45, 2.75) is 19.9 Å². The molecule has 0 aromatic carbocycles. The summed E-state index contributed by atoms with van der Waals surface area (Å²) >= 11 is 5.68. The van der Waals surface area contributed by atoms with Gasteiger partial charge in [-0.1, -0.05) is 10.3 Å². The van der Waals surface area contributed by atoms with Crippen LogP contribution in [0.4, 0.5) is 5.95 Å². The van der Waals surface area contributed by atoms with Crippen molar-refractivity contribution in [1.29, 1.82) is 0 Å². The maximum absolute atomic E-state index is 11.5. The van der Waals surface area contributed by atoms with E-state index in [0.717, 1.165) is 0 Å². The van der Waals surface area contributed by atoms with Crippen LogP contribution in [-0.4, -0.2) is 43.4 Å². The lowest BCUT2D eigenvalue weighted by molar-refractivity contribution is 0.230. The SMILES string of the molecule is CC(C)N(CCCl)/N=N/c1nc2nc[nH]c(=O)c2[nH]1. The molecule has 2 heterocycles. The van der Waals surface area contributed by atoms with E-state index >= 15 is 0 Å². The zero-order valence-corrected chi connectivity index (χ0v) is 11.3. The second-order valence-corrected chi connectivity index (χ2v) is 4.50. The van der Waals surface area contributed by atoms with Crippen molar-refractivity contribution in [3.63, 3.8) is 0 Å². The van der Waals surface area contributed by atoms with Crippen LogP contribution in [0.5, 0.6) is 0 Å². The van der Waals surface area contributed by atoms with E-state index in [1.165, 1.54) is 6.33 Å². The molecule has 0 radical (unpaired) electrons. The Morgan fingerprint density at radius 1 is 1.53 bits per heavy atom. The lowest BCUT2D eigenvalue weighted by Crippen LogP contribution is -2.26. The summed E-state index contributed by atoms with van der Waals surface area (Å²) in [5.41, 5.74) is 0.302. The van der Waals surface area contributed by atoms with Crippen LogP contribution in [0, 0.1) is 0 Å². The predicted molar refractivity (Wildman–Crippen MR) is 71.6 cm³/mol. The fourth-order valence-corrected chi connectivity index (χ4v) is 1.64. The molecule has 0 bridgehead atoms. The van der Waals surface area contributed by atoms with Crippen molar-refractivity contribution in [3.05, 3.63) is 16.7 Å². The zero-order chi connectivity index (χ0) is 13.8. The Hall–Kier alpha value is -1.96. The van der Waals surface area contributed by atoms with E-state index in [4.69, 9.17) is 11.6 Å². The summed E-state index contributed by atoms with van der Waals surface area (Å²) in [5, 5.41) is 9.74. The second-order valence-electron chi connectivity index (χ2n) is 4.13. The molecule has 19 heavy (non-hydrogen) atoms. The smallest absolute Gasteiger partial charge is 0.276 e. The Bertz CT molecular complexity index is 632. The zero-order valence-electron chi connectivity index (χ0n) is 10.6. The van der Waals surface area contributed by atoms with Crippen molar-refractivity contribution in [2.24, 2.45) is 10.3 Å². The molecular formula is C10H14ClN7O. The van der Waals surface area contributed by atoms with Gasteiger partial charge in [0, 0.05) is 11.9 Å². The van der Waals surface area contributed by atoms with Crippen LogP contribution in [0.1, 0.15) is 13.8 Å². The van der Waals surface area contributed by atoms with E-state index in [2.05, 4.69) is 30.3 Å². The van der Waals surface area contributed by atoms with Crippen LogP contribution >= 0.6 is 11.6 Å². The molecule has 0 fully saturated rings. The number of H-pyrrole nitrogens is 2. The molecule has 0 amide bonds. The Balaban J connectivity index is 2.25. The topological polar surface area (TPSA) is 102 Å². The number of nitrogens with zero attached hydrogens (tertiary/aromatic N) is 5. The highest BCUT2D eigenvalue weighted by Crippen LogP contribution is 2.12. The van der Waals surface area contributed by atoms with Gasteiger partial charge in [-0.15, -0.1) is 11.6 Å². The van der Waals surface area contributed by atoms with Gasteiger partial charge in [-0.3, -0.25) is 9.80 Å². The first-order chi connectivity index (χ1) is 9.11. The van der Waals surface area contributed by atoms with E-state index in [0.29, 0.717) is 18.1 Å². The maximum Gasteiger partial charge on any atom is 0.276 e. The van der Waals surface area contributed by atoms with Crippen LogP contribution in [0.25, 0.3) is 11.2 Å². The van der Waals surface area contributed by atoms with Crippen molar-refractivity contribution < 1.29 is 0 Å². The second kappa shape index (κ2) is 5.79. The fraction of sp³-hybridized carbons (Fsp3) is 0.500. The van der Waals surface area contributed by atoms with Gasteiger partial charge in [0.1, 0.15) is 0 Å². The molecule has 2 aromatic heterocycles. The monoisotopic (exact) mass is 283 g/mol. The minimum atomic E-state index is -0.291. The van der Waals surface area contributed by atoms with Gasteiger partial charge < -0.3 is 9.97 Å². The summed E-state index contributed by atoms with van der Waals surface area (Å²) in [6, 6.07) is 0.174. The molecule has 0 atom stereocenters. The lowest BCUT2D eigenvalue weighted by Gasteiger charge is -2.19.